The van der Waals surface area contributed by atoms with E-state index >= 15 is 0 Å². The van der Waals surface area contributed by atoms with Crippen LogP contribution in [-0.2, 0) is 4.79 Å². The number of rotatable bonds is 8. The van der Waals surface area contributed by atoms with E-state index in [4.69, 9.17) is 18.0 Å². The maximum absolute atomic E-state index is 11.8. The number of hydrogen-bond acceptors (Lipinski definition) is 3. The summed E-state index contributed by atoms with van der Waals surface area (Å²) in [4.78, 5) is 14.2. The van der Waals surface area contributed by atoms with Gasteiger partial charge < -0.3 is 11.1 Å². The fraction of sp³-hybridized carbons (Fsp3) is 0.833. The molecule has 0 bridgehead atoms. The number of nitrogens with zero attached hydrogens (tertiary/aromatic N) is 1. The highest BCUT2D eigenvalue weighted by Crippen LogP contribution is 2.00. The van der Waals surface area contributed by atoms with Gasteiger partial charge in [0.05, 0.1) is 11.5 Å². The lowest BCUT2D eigenvalue weighted by atomic mass is 10.1. The Bertz CT molecular complexity index is 256. The van der Waals surface area contributed by atoms with E-state index in [2.05, 4.69) is 26.1 Å². The largest absolute Gasteiger partial charge is 0.392 e. The summed E-state index contributed by atoms with van der Waals surface area (Å²) in [6.45, 7) is 9.96. The highest BCUT2D eigenvalue weighted by Gasteiger charge is 2.14. The van der Waals surface area contributed by atoms with Crippen LogP contribution in [0.5, 0.6) is 0 Å². The molecule has 1 unspecified atom stereocenters. The quantitative estimate of drug-likeness (QED) is 0.642. The van der Waals surface area contributed by atoms with Crippen molar-refractivity contribution in [2.24, 2.45) is 11.7 Å². The molecule has 0 saturated carbocycles. The molecule has 0 spiro atoms. The summed E-state index contributed by atoms with van der Waals surface area (Å²) in [5, 5.41) is 2.98. The smallest absolute Gasteiger partial charge is 0.234 e. The van der Waals surface area contributed by atoms with E-state index in [1.165, 1.54) is 0 Å². The van der Waals surface area contributed by atoms with Gasteiger partial charge in [-0.2, -0.15) is 0 Å². The maximum atomic E-state index is 11.8. The summed E-state index contributed by atoms with van der Waals surface area (Å²) in [6.07, 6.45) is 0.982. The molecule has 0 aromatic rings. The molecule has 0 saturated heterocycles. The first-order valence-corrected chi connectivity index (χ1v) is 6.57. The molecule has 0 aliphatic heterocycles. The van der Waals surface area contributed by atoms with Crippen molar-refractivity contribution in [3.05, 3.63) is 0 Å². The number of carbonyl (C=O) groups excluding carboxylic acids is 1. The molecule has 0 aromatic carbocycles. The molecule has 3 N–H and O–H groups in total. The number of carbonyl (C=O) groups is 1. The highest BCUT2D eigenvalue weighted by atomic mass is 32.1. The van der Waals surface area contributed by atoms with Crippen molar-refractivity contribution in [1.82, 2.24) is 10.2 Å². The van der Waals surface area contributed by atoms with Crippen molar-refractivity contribution < 1.29 is 4.79 Å². The van der Waals surface area contributed by atoms with Crippen molar-refractivity contribution in [2.45, 2.75) is 40.2 Å². The minimum atomic E-state index is 0.0379. The van der Waals surface area contributed by atoms with Gasteiger partial charge in [0.25, 0.3) is 0 Å². The van der Waals surface area contributed by atoms with Crippen molar-refractivity contribution in [3.8, 4) is 0 Å². The van der Waals surface area contributed by atoms with Gasteiger partial charge in [0.1, 0.15) is 0 Å². The predicted molar refractivity (Wildman–Crippen MR) is 76.0 cm³/mol. The lowest BCUT2D eigenvalue weighted by Crippen LogP contribution is -2.45. The molecule has 0 aliphatic carbocycles. The molecule has 0 aromatic heterocycles. The Balaban J connectivity index is 4.15. The molecule has 0 fully saturated rings. The summed E-state index contributed by atoms with van der Waals surface area (Å²) in [7, 11) is 0. The first-order chi connectivity index (χ1) is 7.86. The van der Waals surface area contributed by atoms with Crippen LogP contribution >= 0.6 is 12.2 Å². The Morgan fingerprint density at radius 2 is 1.94 bits per heavy atom. The van der Waals surface area contributed by atoms with Crippen molar-refractivity contribution >= 4 is 23.1 Å². The average molecular weight is 259 g/mol. The van der Waals surface area contributed by atoms with Crippen LogP contribution in [-0.4, -0.2) is 41.5 Å². The number of nitrogens with one attached hydrogen (secondary N) is 1. The van der Waals surface area contributed by atoms with E-state index in [0.29, 0.717) is 24.0 Å². The van der Waals surface area contributed by atoms with Gasteiger partial charge in [0, 0.05) is 12.6 Å². The predicted octanol–water partition coefficient (Wildman–Crippen LogP) is 1.15. The first-order valence-electron chi connectivity index (χ1n) is 6.16. The van der Waals surface area contributed by atoms with Crippen molar-refractivity contribution in [3.63, 3.8) is 0 Å². The molecule has 1 amide bonds. The molecular formula is C12H25N3OS. The topological polar surface area (TPSA) is 58.4 Å². The van der Waals surface area contributed by atoms with Crippen LogP contribution in [0.3, 0.4) is 0 Å². The van der Waals surface area contributed by atoms with Gasteiger partial charge in [0.2, 0.25) is 5.91 Å². The van der Waals surface area contributed by atoms with E-state index in [-0.39, 0.29) is 11.9 Å². The van der Waals surface area contributed by atoms with Gasteiger partial charge in [0.15, 0.2) is 0 Å². The fourth-order valence-electron chi connectivity index (χ4n) is 1.42. The molecule has 0 aliphatic rings. The Hall–Kier alpha value is -0.680. The molecular weight excluding hydrogens is 234 g/mol. The number of thiocarbonyl (C=S) groups is 1. The summed E-state index contributed by atoms with van der Waals surface area (Å²) >= 11 is 4.87. The fourth-order valence-corrected chi connectivity index (χ4v) is 1.60. The molecule has 100 valence electrons. The second-order valence-electron chi connectivity index (χ2n) is 4.78. The van der Waals surface area contributed by atoms with E-state index < -0.39 is 0 Å². The molecule has 17 heavy (non-hydrogen) atoms. The Morgan fingerprint density at radius 1 is 1.35 bits per heavy atom. The van der Waals surface area contributed by atoms with Crippen LogP contribution < -0.4 is 11.1 Å². The van der Waals surface area contributed by atoms with Crippen LogP contribution in [0.4, 0.5) is 0 Å². The molecule has 4 nitrogen and oxygen atoms in total. The van der Waals surface area contributed by atoms with Crippen LogP contribution in [0.1, 0.15) is 34.1 Å². The molecule has 5 heteroatoms. The van der Waals surface area contributed by atoms with E-state index in [0.717, 1.165) is 13.0 Å². The van der Waals surface area contributed by atoms with Gasteiger partial charge in [-0.1, -0.05) is 33.0 Å². The zero-order valence-corrected chi connectivity index (χ0v) is 12.1. The maximum Gasteiger partial charge on any atom is 0.234 e. The van der Waals surface area contributed by atoms with E-state index in [1.807, 2.05) is 11.8 Å². The van der Waals surface area contributed by atoms with Crippen molar-refractivity contribution in [2.75, 3.05) is 19.6 Å². The minimum Gasteiger partial charge on any atom is -0.392 e. The summed E-state index contributed by atoms with van der Waals surface area (Å²) in [6, 6.07) is 0.191. The minimum absolute atomic E-state index is 0.0379. The van der Waals surface area contributed by atoms with Gasteiger partial charge in [-0.15, -0.1) is 0 Å². The van der Waals surface area contributed by atoms with E-state index in [9.17, 15) is 4.79 Å². The van der Waals surface area contributed by atoms with Crippen LogP contribution in [0.15, 0.2) is 0 Å². The van der Waals surface area contributed by atoms with Gasteiger partial charge >= 0.3 is 0 Å². The summed E-state index contributed by atoms with van der Waals surface area (Å²) in [5.41, 5.74) is 5.51. The highest BCUT2D eigenvalue weighted by molar-refractivity contribution is 7.80. The monoisotopic (exact) mass is 259 g/mol. The van der Waals surface area contributed by atoms with Gasteiger partial charge in [-0.05, 0) is 25.8 Å². The second kappa shape index (κ2) is 8.42. The third kappa shape index (κ3) is 8.10. The van der Waals surface area contributed by atoms with Gasteiger partial charge in [-0.3, -0.25) is 9.69 Å². The van der Waals surface area contributed by atoms with Crippen molar-refractivity contribution in [1.29, 1.82) is 0 Å². The lowest BCUT2D eigenvalue weighted by molar-refractivity contribution is -0.123. The summed E-state index contributed by atoms with van der Waals surface area (Å²) < 4.78 is 0. The third-order valence-corrected chi connectivity index (χ3v) is 2.80. The normalized spacial score (nSPS) is 12.8. The Morgan fingerprint density at radius 3 is 2.35 bits per heavy atom. The molecule has 0 heterocycles. The number of hydrogen-bond donors (Lipinski definition) is 2. The number of amides is 1. The molecule has 0 radical (unpaired) electrons. The standard InChI is InChI=1S/C12H25N3OS/c1-5-6-15(7-11(13)17)8-12(16)14-10(4)9(2)3/h9-10H,5-8H2,1-4H3,(H2,13,17)(H,14,16). The van der Waals surface area contributed by atoms with E-state index in [1.54, 1.807) is 0 Å². The third-order valence-electron chi connectivity index (χ3n) is 2.68. The van der Waals surface area contributed by atoms with Crippen LogP contribution in [0.2, 0.25) is 0 Å². The lowest BCUT2D eigenvalue weighted by Gasteiger charge is -2.23. The zero-order valence-electron chi connectivity index (χ0n) is 11.3. The van der Waals surface area contributed by atoms with Crippen LogP contribution in [0.25, 0.3) is 0 Å². The second-order valence-corrected chi connectivity index (χ2v) is 5.30. The first kappa shape index (κ1) is 16.3. The Labute approximate surface area is 110 Å². The van der Waals surface area contributed by atoms with Crippen LogP contribution in [0, 0.1) is 5.92 Å². The summed E-state index contributed by atoms with van der Waals surface area (Å²) in [5.74, 6) is 0.477. The zero-order chi connectivity index (χ0) is 13.4. The average Bonchev–Trinajstić information content (AvgIpc) is 2.16. The molecule has 1 atom stereocenters. The molecule has 0 rings (SSSR count). The van der Waals surface area contributed by atoms with Gasteiger partial charge in [-0.25, -0.2) is 0 Å². The number of nitrogens with two attached hydrogens (primary N) is 1. The SMILES string of the molecule is CCCN(CC(=O)NC(C)C(C)C)CC(N)=S. The Kier molecular flexibility index (Phi) is 8.08.